The maximum absolute atomic E-state index is 5.93. The van der Waals surface area contributed by atoms with E-state index < -0.39 is 0 Å². The lowest BCUT2D eigenvalue weighted by Gasteiger charge is -2.37. The first-order chi connectivity index (χ1) is 13.2. The molecule has 27 heavy (non-hydrogen) atoms. The van der Waals surface area contributed by atoms with Crippen molar-refractivity contribution < 1.29 is 4.74 Å². The summed E-state index contributed by atoms with van der Waals surface area (Å²) in [5, 5.41) is 0.726. The summed E-state index contributed by atoms with van der Waals surface area (Å²) in [6.07, 6.45) is 2.34. The van der Waals surface area contributed by atoms with Crippen LogP contribution < -0.4 is 9.64 Å². The van der Waals surface area contributed by atoms with Crippen LogP contribution in [0.25, 0.3) is 11.0 Å². The molecule has 2 aromatic carbocycles. The highest BCUT2D eigenvalue weighted by atomic mass is 35.5. The Morgan fingerprint density at radius 3 is 2.67 bits per heavy atom. The molecule has 0 bridgehead atoms. The minimum Gasteiger partial charge on any atom is -0.492 e. The number of imidazole rings is 1. The quantitative estimate of drug-likeness (QED) is 0.595. The third kappa shape index (κ3) is 4.04. The lowest BCUT2D eigenvalue weighted by molar-refractivity contribution is 0.161. The molecule has 0 N–H and O–H groups in total. The molecule has 2 heterocycles. The molecule has 3 aromatic rings. The van der Waals surface area contributed by atoms with Crippen molar-refractivity contribution in [3.8, 4) is 5.75 Å². The molecule has 0 unspecified atom stereocenters. The van der Waals surface area contributed by atoms with Gasteiger partial charge in [0.15, 0.2) is 0 Å². The number of ether oxygens (including phenoxy) is 1. The number of aromatic nitrogens is 2. The lowest BCUT2D eigenvalue weighted by Crippen LogP contribution is -2.46. The Balaban J connectivity index is 1.47. The summed E-state index contributed by atoms with van der Waals surface area (Å²) in [4.78, 5) is 9.67. The Labute approximate surface area is 165 Å². The van der Waals surface area contributed by atoms with Gasteiger partial charge in [-0.2, -0.15) is 0 Å². The number of hydrogen-bond acceptors (Lipinski definition) is 4. The molecular formula is C21H25ClN4O. The van der Waals surface area contributed by atoms with E-state index in [9.17, 15) is 0 Å². The van der Waals surface area contributed by atoms with E-state index in [2.05, 4.69) is 45.6 Å². The minimum absolute atomic E-state index is 0.644. The van der Waals surface area contributed by atoms with Gasteiger partial charge >= 0.3 is 0 Å². The van der Waals surface area contributed by atoms with E-state index in [0.717, 1.165) is 55.1 Å². The van der Waals surface area contributed by atoms with E-state index in [4.69, 9.17) is 21.3 Å². The molecule has 0 fully saturated rings. The topological polar surface area (TPSA) is 33.5 Å². The molecule has 5 nitrogen and oxygen atoms in total. The molecular weight excluding hydrogens is 360 g/mol. The molecule has 0 amide bonds. The summed E-state index contributed by atoms with van der Waals surface area (Å²) < 4.78 is 8.21. The summed E-state index contributed by atoms with van der Waals surface area (Å²) in [6.45, 7) is 6.47. The fourth-order valence-corrected chi connectivity index (χ4v) is 3.60. The van der Waals surface area contributed by atoms with Crippen LogP contribution in [0.15, 0.2) is 48.5 Å². The zero-order chi connectivity index (χ0) is 18.6. The van der Waals surface area contributed by atoms with Crippen LogP contribution in [0.2, 0.25) is 5.02 Å². The second kappa shape index (κ2) is 8.19. The summed E-state index contributed by atoms with van der Waals surface area (Å²) >= 11 is 5.93. The second-order valence-corrected chi connectivity index (χ2v) is 7.36. The first kappa shape index (κ1) is 18.1. The highest BCUT2D eigenvalue weighted by Crippen LogP contribution is 2.27. The standard InChI is InChI=1S/C21H25ClN4O/c1-2-3-12-25-15-24(13-14-27-18-10-8-17(22)9-11-18)16-26-20-7-5-4-6-19(20)23-21(25)26/h4-11H,2-3,12-16H2,1H3. The zero-order valence-electron chi connectivity index (χ0n) is 15.6. The molecule has 0 saturated carbocycles. The Bertz CT molecular complexity index is 893. The molecule has 1 aliphatic heterocycles. The number of para-hydroxylation sites is 2. The van der Waals surface area contributed by atoms with Crippen molar-refractivity contribution in [2.24, 2.45) is 0 Å². The Morgan fingerprint density at radius 2 is 1.85 bits per heavy atom. The van der Waals surface area contributed by atoms with Crippen molar-refractivity contribution in [3.63, 3.8) is 0 Å². The van der Waals surface area contributed by atoms with Crippen molar-refractivity contribution in [2.45, 2.75) is 26.4 Å². The van der Waals surface area contributed by atoms with Gasteiger partial charge in [-0.3, -0.25) is 9.47 Å². The maximum atomic E-state index is 5.93. The van der Waals surface area contributed by atoms with E-state index in [1.54, 1.807) is 0 Å². The summed E-state index contributed by atoms with van der Waals surface area (Å²) in [6, 6.07) is 15.9. The predicted molar refractivity (Wildman–Crippen MR) is 111 cm³/mol. The maximum Gasteiger partial charge on any atom is 0.208 e. The van der Waals surface area contributed by atoms with Crippen LogP contribution in [-0.4, -0.2) is 40.8 Å². The number of nitrogens with zero attached hydrogens (tertiary/aromatic N) is 4. The number of rotatable bonds is 7. The zero-order valence-corrected chi connectivity index (χ0v) is 16.4. The first-order valence-corrected chi connectivity index (χ1v) is 9.93. The van der Waals surface area contributed by atoms with Gasteiger partial charge in [-0.25, -0.2) is 4.98 Å². The molecule has 4 rings (SSSR count). The normalized spacial score (nSPS) is 14.5. The average Bonchev–Trinajstić information content (AvgIpc) is 3.07. The fraction of sp³-hybridized carbons (Fsp3) is 0.381. The van der Waals surface area contributed by atoms with E-state index in [1.807, 2.05) is 24.3 Å². The molecule has 6 heteroatoms. The lowest BCUT2D eigenvalue weighted by atomic mass is 10.3. The van der Waals surface area contributed by atoms with Crippen LogP contribution in [0.1, 0.15) is 19.8 Å². The van der Waals surface area contributed by atoms with Gasteiger partial charge < -0.3 is 9.64 Å². The molecule has 0 saturated heterocycles. The van der Waals surface area contributed by atoms with Crippen LogP contribution in [-0.2, 0) is 6.67 Å². The highest BCUT2D eigenvalue weighted by Gasteiger charge is 2.25. The Kier molecular flexibility index (Phi) is 5.50. The van der Waals surface area contributed by atoms with Crippen molar-refractivity contribution >= 4 is 28.6 Å². The van der Waals surface area contributed by atoms with Gasteiger partial charge in [0.1, 0.15) is 12.4 Å². The SMILES string of the molecule is CCCCN1CN(CCOc2ccc(Cl)cc2)Cn2c1nc1ccccc12. The van der Waals surface area contributed by atoms with Gasteiger partial charge in [0.25, 0.3) is 0 Å². The number of unbranched alkanes of at least 4 members (excludes halogenated alkanes) is 1. The van der Waals surface area contributed by atoms with E-state index in [-0.39, 0.29) is 0 Å². The van der Waals surface area contributed by atoms with Gasteiger partial charge in [-0.05, 0) is 42.8 Å². The van der Waals surface area contributed by atoms with Gasteiger partial charge in [-0.1, -0.05) is 37.1 Å². The van der Waals surface area contributed by atoms with Gasteiger partial charge in [0.2, 0.25) is 5.95 Å². The number of hydrogen-bond donors (Lipinski definition) is 0. The predicted octanol–water partition coefficient (Wildman–Crippen LogP) is 4.61. The summed E-state index contributed by atoms with van der Waals surface area (Å²) in [5.41, 5.74) is 2.26. The van der Waals surface area contributed by atoms with Crippen LogP contribution in [0.5, 0.6) is 5.75 Å². The second-order valence-electron chi connectivity index (χ2n) is 6.93. The fourth-order valence-electron chi connectivity index (χ4n) is 3.48. The molecule has 142 valence electrons. The molecule has 1 aliphatic rings. The highest BCUT2D eigenvalue weighted by molar-refractivity contribution is 6.30. The average molecular weight is 385 g/mol. The molecule has 1 aromatic heterocycles. The molecule has 0 spiro atoms. The number of anilines is 1. The third-order valence-electron chi connectivity index (χ3n) is 4.90. The van der Waals surface area contributed by atoms with Gasteiger partial charge in [-0.15, -0.1) is 0 Å². The summed E-state index contributed by atoms with van der Waals surface area (Å²) in [7, 11) is 0. The van der Waals surface area contributed by atoms with Crippen molar-refractivity contribution in [2.75, 3.05) is 31.3 Å². The van der Waals surface area contributed by atoms with Crippen LogP contribution in [0.3, 0.4) is 0 Å². The molecule has 0 radical (unpaired) electrons. The molecule has 0 atom stereocenters. The third-order valence-corrected chi connectivity index (χ3v) is 5.15. The first-order valence-electron chi connectivity index (χ1n) is 9.55. The van der Waals surface area contributed by atoms with Crippen molar-refractivity contribution in [1.82, 2.24) is 14.5 Å². The minimum atomic E-state index is 0.644. The largest absolute Gasteiger partial charge is 0.492 e. The van der Waals surface area contributed by atoms with E-state index in [0.29, 0.717) is 6.61 Å². The Hall–Kier alpha value is -2.24. The van der Waals surface area contributed by atoms with Gasteiger partial charge in [0, 0.05) is 18.1 Å². The van der Waals surface area contributed by atoms with Crippen LogP contribution in [0.4, 0.5) is 5.95 Å². The van der Waals surface area contributed by atoms with Crippen molar-refractivity contribution in [3.05, 3.63) is 53.6 Å². The summed E-state index contributed by atoms with van der Waals surface area (Å²) in [5.74, 6) is 1.94. The smallest absolute Gasteiger partial charge is 0.208 e. The monoisotopic (exact) mass is 384 g/mol. The molecule has 0 aliphatic carbocycles. The van der Waals surface area contributed by atoms with Crippen molar-refractivity contribution in [1.29, 1.82) is 0 Å². The van der Waals surface area contributed by atoms with E-state index in [1.165, 1.54) is 11.9 Å². The number of halogens is 1. The van der Waals surface area contributed by atoms with E-state index >= 15 is 0 Å². The Morgan fingerprint density at radius 1 is 1.04 bits per heavy atom. The van der Waals surface area contributed by atoms with Crippen LogP contribution >= 0.6 is 11.6 Å². The van der Waals surface area contributed by atoms with Crippen LogP contribution in [0, 0.1) is 0 Å². The van der Waals surface area contributed by atoms with Gasteiger partial charge in [0.05, 0.1) is 24.4 Å². The number of fused-ring (bicyclic) bond motifs is 3. The number of benzene rings is 2.